The summed E-state index contributed by atoms with van der Waals surface area (Å²) in [6.07, 6.45) is 2.60. The highest BCUT2D eigenvalue weighted by Crippen LogP contribution is 2.08. The summed E-state index contributed by atoms with van der Waals surface area (Å²) in [6, 6.07) is 0. The van der Waals surface area contributed by atoms with Gasteiger partial charge in [-0.3, -0.25) is 4.55 Å². The first-order valence-electron chi connectivity index (χ1n) is 3.88. The van der Waals surface area contributed by atoms with Gasteiger partial charge in [-0.15, -0.1) is 0 Å². The van der Waals surface area contributed by atoms with Crippen LogP contribution in [0, 0.1) is 6.42 Å². The smallest absolute Gasteiger partial charge is 0.292 e. The molecule has 1 N–H and O–H groups in total. The van der Waals surface area contributed by atoms with Crippen LogP contribution in [0.3, 0.4) is 0 Å². The van der Waals surface area contributed by atoms with Gasteiger partial charge in [-0.05, 0) is 19.3 Å². The average Bonchev–Trinajstić information content (AvgIpc) is 1.95. The third-order valence-corrected chi connectivity index (χ3v) is 2.26. The second kappa shape index (κ2) is 5.50. The van der Waals surface area contributed by atoms with Crippen molar-refractivity contribution < 1.29 is 17.7 Å². The van der Waals surface area contributed by atoms with Crippen LogP contribution in [-0.2, 0) is 14.9 Å². The second-order valence-corrected chi connectivity index (χ2v) is 4.01. The Morgan fingerprint density at radius 1 is 1.58 bits per heavy atom. The summed E-state index contributed by atoms with van der Waals surface area (Å²) >= 11 is 0. The minimum atomic E-state index is -4.05. The molecule has 5 heteroatoms. The third kappa shape index (κ3) is 4.69. The van der Waals surface area contributed by atoms with Gasteiger partial charge < -0.3 is 4.74 Å². The standard InChI is InChI=1S/C7H15O4S/c1-3-5-7(11-6-4-2)12(8,9)10/h3,7H,4-6H2,1-2H3,(H,8,9,10). The fourth-order valence-corrected chi connectivity index (χ4v) is 1.42. The molecule has 73 valence electrons. The van der Waals surface area contributed by atoms with Crippen LogP contribution in [-0.4, -0.2) is 25.0 Å². The van der Waals surface area contributed by atoms with E-state index in [2.05, 4.69) is 0 Å². The minimum absolute atomic E-state index is 0.221. The van der Waals surface area contributed by atoms with E-state index in [4.69, 9.17) is 9.29 Å². The molecule has 4 nitrogen and oxygen atoms in total. The summed E-state index contributed by atoms with van der Waals surface area (Å²) in [5.41, 5.74) is -1.09. The number of ether oxygens (including phenoxy) is 1. The Morgan fingerprint density at radius 3 is 2.50 bits per heavy atom. The van der Waals surface area contributed by atoms with Crippen molar-refractivity contribution in [3.8, 4) is 0 Å². The summed E-state index contributed by atoms with van der Waals surface area (Å²) in [4.78, 5) is 0. The van der Waals surface area contributed by atoms with Crippen LogP contribution in [0.25, 0.3) is 0 Å². The normalized spacial score (nSPS) is 14.6. The molecule has 0 amide bonds. The minimum Gasteiger partial charge on any atom is -0.360 e. The summed E-state index contributed by atoms with van der Waals surface area (Å²) in [5, 5.41) is 0. The quantitative estimate of drug-likeness (QED) is 0.648. The number of rotatable bonds is 6. The topological polar surface area (TPSA) is 63.6 Å². The molecule has 0 aliphatic rings. The largest absolute Gasteiger partial charge is 0.360 e. The molecule has 0 bridgehead atoms. The maximum Gasteiger partial charge on any atom is 0.292 e. The Hall–Kier alpha value is -0.130. The highest BCUT2D eigenvalue weighted by Gasteiger charge is 2.21. The highest BCUT2D eigenvalue weighted by molar-refractivity contribution is 7.86. The predicted octanol–water partition coefficient (Wildman–Crippen LogP) is 1.24. The molecular formula is C7H15O4S. The molecule has 0 aromatic rings. The van der Waals surface area contributed by atoms with Gasteiger partial charge in [-0.1, -0.05) is 13.8 Å². The van der Waals surface area contributed by atoms with E-state index < -0.39 is 15.6 Å². The summed E-state index contributed by atoms with van der Waals surface area (Å²) in [7, 11) is -4.05. The Kier molecular flexibility index (Phi) is 5.44. The van der Waals surface area contributed by atoms with Gasteiger partial charge in [0.05, 0.1) is 0 Å². The number of hydrogen-bond donors (Lipinski definition) is 1. The summed E-state index contributed by atoms with van der Waals surface area (Å²) < 4.78 is 34.9. The van der Waals surface area contributed by atoms with E-state index >= 15 is 0 Å². The van der Waals surface area contributed by atoms with Gasteiger partial charge in [0.2, 0.25) is 0 Å². The van der Waals surface area contributed by atoms with E-state index in [1.165, 1.54) is 0 Å². The molecule has 0 aliphatic carbocycles. The van der Waals surface area contributed by atoms with Gasteiger partial charge in [-0.25, -0.2) is 0 Å². The lowest BCUT2D eigenvalue weighted by atomic mass is 10.3. The van der Waals surface area contributed by atoms with Gasteiger partial charge in [-0.2, -0.15) is 8.42 Å². The lowest BCUT2D eigenvalue weighted by Crippen LogP contribution is -2.24. The molecule has 0 saturated heterocycles. The van der Waals surface area contributed by atoms with Crippen molar-refractivity contribution in [3.63, 3.8) is 0 Å². The molecular weight excluding hydrogens is 180 g/mol. The van der Waals surface area contributed by atoms with Crippen LogP contribution >= 0.6 is 0 Å². The Labute approximate surface area is 73.7 Å². The molecule has 12 heavy (non-hydrogen) atoms. The molecule has 0 rings (SSSR count). The third-order valence-electron chi connectivity index (χ3n) is 1.27. The van der Waals surface area contributed by atoms with Crippen LogP contribution in [0.5, 0.6) is 0 Å². The van der Waals surface area contributed by atoms with E-state index in [1.807, 2.05) is 6.92 Å². The van der Waals surface area contributed by atoms with Gasteiger partial charge >= 0.3 is 0 Å². The molecule has 0 aliphatic heterocycles. The first-order valence-corrected chi connectivity index (χ1v) is 5.38. The molecule has 0 heterocycles. The maximum atomic E-state index is 10.6. The van der Waals surface area contributed by atoms with Crippen molar-refractivity contribution in [2.45, 2.75) is 32.1 Å². The molecule has 1 unspecified atom stereocenters. The van der Waals surface area contributed by atoms with Gasteiger partial charge in [0.1, 0.15) is 0 Å². The fourth-order valence-electron chi connectivity index (χ4n) is 0.717. The fraction of sp³-hybridized carbons (Fsp3) is 0.857. The van der Waals surface area contributed by atoms with Crippen molar-refractivity contribution in [1.29, 1.82) is 0 Å². The number of hydrogen-bond acceptors (Lipinski definition) is 3. The van der Waals surface area contributed by atoms with Crippen molar-refractivity contribution in [2.75, 3.05) is 6.61 Å². The van der Waals surface area contributed by atoms with Gasteiger partial charge in [0.15, 0.2) is 5.44 Å². The van der Waals surface area contributed by atoms with E-state index in [1.54, 1.807) is 13.3 Å². The van der Waals surface area contributed by atoms with E-state index in [-0.39, 0.29) is 6.42 Å². The molecule has 1 atom stereocenters. The highest BCUT2D eigenvalue weighted by atomic mass is 32.2. The molecule has 1 radical (unpaired) electrons. The SMILES string of the molecule is C[CH]CC(OCCC)S(=O)(=O)O. The Bertz CT molecular complexity index is 197. The monoisotopic (exact) mass is 195 g/mol. The molecule has 0 spiro atoms. The lowest BCUT2D eigenvalue weighted by molar-refractivity contribution is 0.0989. The first kappa shape index (κ1) is 11.9. The van der Waals surface area contributed by atoms with E-state index in [9.17, 15) is 8.42 Å². The molecule has 0 saturated carbocycles. The van der Waals surface area contributed by atoms with Gasteiger partial charge in [0, 0.05) is 6.61 Å². The van der Waals surface area contributed by atoms with Crippen LogP contribution in [0.2, 0.25) is 0 Å². The van der Waals surface area contributed by atoms with Crippen LogP contribution in [0.4, 0.5) is 0 Å². The van der Waals surface area contributed by atoms with Crippen molar-refractivity contribution >= 4 is 10.1 Å². The van der Waals surface area contributed by atoms with Crippen molar-refractivity contribution in [2.24, 2.45) is 0 Å². The zero-order valence-corrected chi connectivity index (χ0v) is 8.17. The zero-order chi connectivity index (χ0) is 9.61. The average molecular weight is 195 g/mol. The summed E-state index contributed by atoms with van der Waals surface area (Å²) in [6.45, 7) is 3.93. The van der Waals surface area contributed by atoms with Crippen LogP contribution in [0.1, 0.15) is 26.7 Å². The zero-order valence-electron chi connectivity index (χ0n) is 7.36. The van der Waals surface area contributed by atoms with Crippen LogP contribution < -0.4 is 0 Å². The lowest BCUT2D eigenvalue weighted by Gasteiger charge is -2.12. The Balaban J connectivity index is 4.05. The maximum absolute atomic E-state index is 10.6. The van der Waals surface area contributed by atoms with E-state index in [0.717, 1.165) is 6.42 Å². The Morgan fingerprint density at radius 2 is 2.17 bits per heavy atom. The molecule has 0 fully saturated rings. The van der Waals surface area contributed by atoms with E-state index in [0.29, 0.717) is 6.61 Å². The second-order valence-electron chi connectivity index (χ2n) is 2.46. The van der Waals surface area contributed by atoms with Gasteiger partial charge in [0.25, 0.3) is 10.1 Å². The summed E-state index contributed by atoms with van der Waals surface area (Å²) in [5.74, 6) is 0. The van der Waals surface area contributed by atoms with Crippen LogP contribution in [0.15, 0.2) is 0 Å². The van der Waals surface area contributed by atoms with Crippen molar-refractivity contribution in [3.05, 3.63) is 6.42 Å². The predicted molar refractivity (Wildman–Crippen MR) is 46.2 cm³/mol. The molecule has 0 aromatic carbocycles. The first-order chi connectivity index (χ1) is 5.52. The van der Waals surface area contributed by atoms with Crippen molar-refractivity contribution in [1.82, 2.24) is 0 Å². The molecule has 0 aromatic heterocycles.